The van der Waals surface area contributed by atoms with Crippen molar-refractivity contribution in [3.63, 3.8) is 0 Å². The zero-order valence-electron chi connectivity index (χ0n) is 20.9. The predicted octanol–water partition coefficient (Wildman–Crippen LogP) is 3.63. The van der Waals surface area contributed by atoms with Crippen molar-refractivity contribution in [1.29, 1.82) is 0 Å². The molecule has 8 heteroatoms. The third-order valence-electron chi connectivity index (χ3n) is 6.41. The number of amides is 1. The first-order chi connectivity index (χ1) is 17.5. The largest absolute Gasteiger partial charge is 0.507 e. The number of likely N-dealkylation sites (tertiary alicyclic amines) is 1. The van der Waals surface area contributed by atoms with Gasteiger partial charge in [-0.2, -0.15) is 0 Å². The number of ether oxygens (including phenoxy) is 3. The number of rotatable bonds is 10. The highest BCUT2D eigenvalue weighted by Gasteiger charge is 2.46. The molecule has 0 saturated carbocycles. The molecular weight excluding hydrogens is 460 g/mol. The summed E-state index contributed by atoms with van der Waals surface area (Å²) >= 11 is 0. The van der Waals surface area contributed by atoms with Crippen molar-refractivity contribution in [2.45, 2.75) is 26.3 Å². The van der Waals surface area contributed by atoms with Gasteiger partial charge in [-0.3, -0.25) is 14.5 Å². The molecule has 4 rings (SSSR count). The van der Waals surface area contributed by atoms with E-state index in [0.29, 0.717) is 50.8 Å². The molecule has 2 aliphatic rings. The first-order valence-electron chi connectivity index (χ1n) is 12.6. The highest BCUT2D eigenvalue weighted by atomic mass is 16.5. The Morgan fingerprint density at radius 1 is 0.944 bits per heavy atom. The van der Waals surface area contributed by atoms with Gasteiger partial charge in [0.1, 0.15) is 17.3 Å². The lowest BCUT2D eigenvalue weighted by molar-refractivity contribution is -0.140. The van der Waals surface area contributed by atoms with Gasteiger partial charge in [0.05, 0.1) is 38.0 Å². The fourth-order valence-electron chi connectivity index (χ4n) is 4.53. The second-order valence-electron chi connectivity index (χ2n) is 8.82. The molecule has 1 N–H and O–H groups in total. The van der Waals surface area contributed by atoms with Crippen LogP contribution in [0.2, 0.25) is 0 Å². The number of Topliss-reactive ketones (excluding diaryl/α,β-unsaturated/α-hetero) is 1. The molecule has 0 radical (unpaired) electrons. The van der Waals surface area contributed by atoms with Gasteiger partial charge in [-0.25, -0.2) is 0 Å². The monoisotopic (exact) mass is 494 g/mol. The summed E-state index contributed by atoms with van der Waals surface area (Å²) in [4.78, 5) is 30.2. The third-order valence-corrected chi connectivity index (χ3v) is 6.41. The summed E-state index contributed by atoms with van der Waals surface area (Å²) in [7, 11) is 0. The average Bonchev–Trinajstić information content (AvgIpc) is 3.16. The van der Waals surface area contributed by atoms with Crippen LogP contribution in [-0.4, -0.2) is 79.2 Å². The number of morpholine rings is 1. The molecule has 2 aliphatic heterocycles. The number of hydrogen-bond donors (Lipinski definition) is 1. The zero-order valence-corrected chi connectivity index (χ0v) is 20.9. The Kier molecular flexibility index (Phi) is 8.61. The molecule has 0 aromatic heterocycles. The van der Waals surface area contributed by atoms with Gasteiger partial charge in [0.2, 0.25) is 0 Å². The minimum absolute atomic E-state index is 0.0911. The van der Waals surface area contributed by atoms with Crippen molar-refractivity contribution in [3.8, 4) is 11.5 Å². The van der Waals surface area contributed by atoms with Crippen molar-refractivity contribution in [1.82, 2.24) is 9.80 Å². The second-order valence-corrected chi connectivity index (χ2v) is 8.82. The molecule has 2 aromatic rings. The molecule has 1 atom stereocenters. The Labute approximate surface area is 212 Å². The smallest absolute Gasteiger partial charge is 0.295 e. The van der Waals surface area contributed by atoms with Gasteiger partial charge >= 0.3 is 0 Å². The lowest BCUT2D eigenvalue weighted by Gasteiger charge is -2.31. The van der Waals surface area contributed by atoms with Crippen LogP contribution in [0.1, 0.15) is 37.4 Å². The quantitative estimate of drug-likeness (QED) is 0.307. The summed E-state index contributed by atoms with van der Waals surface area (Å²) < 4.78 is 16.6. The van der Waals surface area contributed by atoms with Gasteiger partial charge < -0.3 is 24.2 Å². The van der Waals surface area contributed by atoms with Crippen LogP contribution in [0, 0.1) is 0 Å². The summed E-state index contributed by atoms with van der Waals surface area (Å²) in [5, 5.41) is 11.3. The van der Waals surface area contributed by atoms with E-state index < -0.39 is 17.7 Å². The molecule has 1 amide bonds. The summed E-state index contributed by atoms with van der Waals surface area (Å²) in [5.41, 5.74) is 1.29. The normalized spacial score (nSPS) is 20.1. The first kappa shape index (κ1) is 25.7. The van der Waals surface area contributed by atoms with Crippen LogP contribution in [0.25, 0.3) is 5.76 Å². The van der Waals surface area contributed by atoms with Crippen LogP contribution in [0.4, 0.5) is 0 Å². The van der Waals surface area contributed by atoms with Crippen LogP contribution >= 0.6 is 0 Å². The first-order valence-corrected chi connectivity index (χ1v) is 12.6. The van der Waals surface area contributed by atoms with Gasteiger partial charge in [0.25, 0.3) is 11.7 Å². The maximum Gasteiger partial charge on any atom is 0.295 e. The summed E-state index contributed by atoms with van der Waals surface area (Å²) in [5.74, 6) is -0.0927. The molecule has 0 spiro atoms. The van der Waals surface area contributed by atoms with Crippen LogP contribution in [-0.2, 0) is 14.3 Å². The molecule has 2 fully saturated rings. The van der Waals surface area contributed by atoms with Gasteiger partial charge in [0, 0.05) is 31.7 Å². The van der Waals surface area contributed by atoms with Gasteiger partial charge in [-0.1, -0.05) is 19.1 Å². The van der Waals surface area contributed by atoms with E-state index >= 15 is 0 Å². The Bertz CT molecular complexity index is 1070. The summed E-state index contributed by atoms with van der Waals surface area (Å²) in [6.45, 7) is 8.92. The minimum atomic E-state index is -0.696. The summed E-state index contributed by atoms with van der Waals surface area (Å²) in [6.07, 6.45) is 0.894. The van der Waals surface area contributed by atoms with Gasteiger partial charge in [0.15, 0.2) is 0 Å². The summed E-state index contributed by atoms with van der Waals surface area (Å²) in [6, 6.07) is 13.6. The molecule has 36 heavy (non-hydrogen) atoms. The molecule has 2 heterocycles. The zero-order chi connectivity index (χ0) is 25.5. The van der Waals surface area contributed by atoms with E-state index in [9.17, 15) is 14.7 Å². The SMILES string of the molecule is CCCOc1ccc([C@H]2/C(=C(\O)c3ccc(OCC)cc3)C(=O)C(=O)N2CCN2CCOCC2)cc1. The van der Waals surface area contributed by atoms with Crippen LogP contribution in [0.15, 0.2) is 54.1 Å². The molecule has 0 unspecified atom stereocenters. The maximum atomic E-state index is 13.3. The van der Waals surface area contributed by atoms with Crippen LogP contribution < -0.4 is 9.47 Å². The predicted molar refractivity (Wildman–Crippen MR) is 136 cm³/mol. The minimum Gasteiger partial charge on any atom is -0.507 e. The topological polar surface area (TPSA) is 88.5 Å². The Morgan fingerprint density at radius 3 is 2.22 bits per heavy atom. The fourth-order valence-corrected chi connectivity index (χ4v) is 4.53. The number of benzene rings is 2. The van der Waals surface area contributed by atoms with E-state index in [4.69, 9.17) is 14.2 Å². The van der Waals surface area contributed by atoms with E-state index in [-0.39, 0.29) is 11.3 Å². The number of aliphatic hydroxyl groups excluding tert-OH is 1. The van der Waals surface area contributed by atoms with E-state index in [1.54, 1.807) is 29.2 Å². The number of carbonyl (C=O) groups excluding carboxylic acids is 2. The Hall–Kier alpha value is -3.36. The van der Waals surface area contributed by atoms with E-state index in [0.717, 1.165) is 30.8 Å². The van der Waals surface area contributed by atoms with Crippen molar-refractivity contribution < 1.29 is 28.9 Å². The molecule has 2 aromatic carbocycles. The van der Waals surface area contributed by atoms with Crippen molar-refractivity contribution >= 4 is 17.4 Å². The van der Waals surface area contributed by atoms with Crippen molar-refractivity contribution in [3.05, 3.63) is 65.2 Å². The molecule has 0 aliphatic carbocycles. The highest BCUT2D eigenvalue weighted by molar-refractivity contribution is 6.46. The van der Waals surface area contributed by atoms with Crippen LogP contribution in [0.3, 0.4) is 0 Å². The Balaban J connectivity index is 1.68. The standard InChI is InChI=1S/C28H34N2O6/c1-3-17-36-23-9-5-20(6-10-23)25-24(26(31)21-7-11-22(12-8-21)35-4-2)27(32)28(33)30(25)14-13-29-15-18-34-19-16-29/h5-12,25,31H,3-4,13-19H2,1-2H3/b26-24+/t25-/m0/s1. The van der Waals surface area contributed by atoms with Crippen molar-refractivity contribution in [2.24, 2.45) is 0 Å². The maximum absolute atomic E-state index is 13.3. The molecular formula is C28H34N2O6. The van der Waals surface area contributed by atoms with E-state index in [2.05, 4.69) is 4.90 Å². The van der Waals surface area contributed by atoms with Crippen molar-refractivity contribution in [2.75, 3.05) is 52.6 Å². The number of nitrogens with zero attached hydrogens (tertiary/aromatic N) is 2. The fraction of sp³-hybridized carbons (Fsp3) is 0.429. The second kappa shape index (κ2) is 12.1. The lowest BCUT2D eigenvalue weighted by Crippen LogP contribution is -2.42. The molecule has 8 nitrogen and oxygen atoms in total. The number of aliphatic hydroxyl groups is 1. The highest BCUT2D eigenvalue weighted by Crippen LogP contribution is 2.40. The van der Waals surface area contributed by atoms with E-state index in [1.807, 2.05) is 38.1 Å². The Morgan fingerprint density at radius 2 is 1.58 bits per heavy atom. The van der Waals surface area contributed by atoms with Gasteiger partial charge in [-0.15, -0.1) is 0 Å². The third kappa shape index (κ3) is 5.71. The van der Waals surface area contributed by atoms with Crippen LogP contribution in [0.5, 0.6) is 11.5 Å². The van der Waals surface area contributed by atoms with E-state index in [1.165, 1.54) is 0 Å². The van der Waals surface area contributed by atoms with Gasteiger partial charge in [-0.05, 0) is 55.3 Å². The number of ketones is 1. The number of carbonyl (C=O) groups is 2. The average molecular weight is 495 g/mol. The molecule has 2 saturated heterocycles. The lowest BCUT2D eigenvalue weighted by atomic mass is 9.95. The molecule has 0 bridgehead atoms. The molecule has 192 valence electrons. The number of hydrogen-bond acceptors (Lipinski definition) is 7.